The highest BCUT2D eigenvalue weighted by Crippen LogP contribution is 2.18. The second-order valence-electron chi connectivity index (χ2n) is 25.5. The molecule has 0 spiro atoms. The van der Waals surface area contributed by atoms with Crippen molar-refractivity contribution in [2.45, 2.75) is 347 Å². The van der Waals surface area contributed by atoms with Gasteiger partial charge in [-0.3, -0.25) is 9.59 Å². The Hall–Kier alpha value is -3.27. The quantitative estimate of drug-likeness (QED) is 0.0195. The van der Waals surface area contributed by atoms with Crippen LogP contribution in [0.2, 0.25) is 0 Å². The lowest BCUT2D eigenvalue weighted by atomic mass is 10.0. The third kappa shape index (κ3) is 68.1. The number of rotatable bonds is 67. The number of unbranched alkanes of at least 4 members (excludes halogenated alkanes) is 40. The van der Waals surface area contributed by atoms with Crippen molar-refractivity contribution in [1.82, 2.24) is 0 Å². The highest BCUT2D eigenvalue weighted by atomic mass is 16.7. The SMILES string of the molecule is CC/C=C\C/C=C\C/C=C\C/C=C\C/C=C\CCCCCCCCCC(=O)OC(COC(=O)CCCCCCCCCCCCCCCCCCCCCCCCCCC/C=C\CCCCCCCCCC)COC(OCC[N+](C)(C)C)C(=O)[O-]. The number of quaternary nitrogens is 1. The molecule has 0 heterocycles. The molecule has 0 rings (SSSR count). The molecule has 0 saturated carbocycles. The minimum Gasteiger partial charge on any atom is -0.545 e. The molecule has 9 heteroatoms. The van der Waals surface area contributed by atoms with Gasteiger partial charge in [0, 0.05) is 12.8 Å². The van der Waals surface area contributed by atoms with Crippen LogP contribution in [0.25, 0.3) is 0 Å². The number of likely N-dealkylation sites (N-methyl/N-ethyl adjacent to an activating group) is 1. The first-order valence-electron chi connectivity index (χ1n) is 36.1. The molecule has 494 valence electrons. The predicted octanol–water partition coefficient (Wildman–Crippen LogP) is 21.1. The normalized spacial score (nSPS) is 13.1. The fourth-order valence-corrected chi connectivity index (χ4v) is 10.4. The van der Waals surface area contributed by atoms with E-state index >= 15 is 0 Å². The van der Waals surface area contributed by atoms with Crippen molar-refractivity contribution in [3.8, 4) is 0 Å². The standard InChI is InChI=1S/C76H137NO8/c1-6-8-10-12-14-16-18-20-22-24-26-28-30-31-32-33-34-35-36-37-38-39-40-41-42-43-45-46-48-50-52-54-56-58-60-62-64-66-73(78)83-70-72(71-84-76(75(80)81)82-69-68-77(3,4)5)85-74(79)67-65-63-61-59-57-55-53-51-49-47-44-29-27-25-23-21-19-17-15-13-11-9-7-2/h9,11,15,17,21,23-24,26-27,29,47,49,72,76H,6-8,10,12-14,16,18-20,22,25,28,30-46,48,50-71H2,1-5H3/b11-9-,17-15-,23-21-,26-24-,29-27-,49-47-. The number of nitrogens with zero attached hydrogens (tertiary/aromatic N) is 1. The number of carbonyl (C=O) groups is 3. The van der Waals surface area contributed by atoms with Gasteiger partial charge in [-0.2, -0.15) is 0 Å². The Balaban J connectivity index is 4.02. The Kier molecular flexibility index (Phi) is 64.1. The summed E-state index contributed by atoms with van der Waals surface area (Å²) in [5, 5.41) is 11.8. The molecular formula is C76H137NO8. The maximum Gasteiger partial charge on any atom is 0.306 e. The van der Waals surface area contributed by atoms with E-state index in [2.05, 4.69) is 86.8 Å². The first-order chi connectivity index (χ1) is 41.6. The third-order valence-electron chi connectivity index (χ3n) is 15.9. The highest BCUT2D eigenvalue weighted by molar-refractivity contribution is 5.70. The first-order valence-corrected chi connectivity index (χ1v) is 36.1. The molecule has 0 N–H and O–H groups in total. The van der Waals surface area contributed by atoms with Crippen molar-refractivity contribution in [2.75, 3.05) is 47.5 Å². The molecule has 0 fully saturated rings. The topological polar surface area (TPSA) is 111 Å². The zero-order chi connectivity index (χ0) is 61.9. The van der Waals surface area contributed by atoms with Crippen LogP contribution in [-0.2, 0) is 33.3 Å². The van der Waals surface area contributed by atoms with Crippen LogP contribution >= 0.6 is 0 Å². The van der Waals surface area contributed by atoms with E-state index in [1.54, 1.807) is 0 Å². The van der Waals surface area contributed by atoms with Gasteiger partial charge in [0.2, 0.25) is 0 Å². The van der Waals surface area contributed by atoms with Gasteiger partial charge >= 0.3 is 11.9 Å². The fraction of sp³-hybridized carbons (Fsp3) is 0.803. The van der Waals surface area contributed by atoms with Crippen LogP contribution in [0.15, 0.2) is 72.9 Å². The molecule has 0 radical (unpaired) electrons. The van der Waals surface area contributed by atoms with Gasteiger partial charge in [0.15, 0.2) is 12.4 Å². The summed E-state index contributed by atoms with van der Waals surface area (Å²) < 4.78 is 22.8. The molecule has 9 nitrogen and oxygen atoms in total. The largest absolute Gasteiger partial charge is 0.545 e. The minimum absolute atomic E-state index is 0.144. The van der Waals surface area contributed by atoms with Gasteiger partial charge in [-0.1, -0.05) is 311 Å². The molecule has 0 aliphatic carbocycles. The average molecular weight is 1190 g/mol. The second kappa shape index (κ2) is 66.7. The number of aliphatic carboxylic acids is 1. The molecule has 0 aliphatic heterocycles. The van der Waals surface area contributed by atoms with Crippen LogP contribution in [0.3, 0.4) is 0 Å². The van der Waals surface area contributed by atoms with Gasteiger partial charge in [-0.15, -0.1) is 0 Å². The fourth-order valence-electron chi connectivity index (χ4n) is 10.4. The smallest absolute Gasteiger partial charge is 0.306 e. The summed E-state index contributed by atoms with van der Waals surface area (Å²) >= 11 is 0. The molecule has 0 amide bonds. The van der Waals surface area contributed by atoms with Gasteiger partial charge in [0.05, 0.1) is 40.3 Å². The lowest BCUT2D eigenvalue weighted by molar-refractivity contribution is -0.870. The summed E-state index contributed by atoms with van der Waals surface area (Å²) in [5.74, 6) is -2.29. The van der Waals surface area contributed by atoms with Crippen molar-refractivity contribution in [3.05, 3.63) is 72.9 Å². The maximum absolute atomic E-state index is 12.9. The van der Waals surface area contributed by atoms with E-state index in [9.17, 15) is 19.5 Å². The van der Waals surface area contributed by atoms with E-state index < -0.39 is 24.3 Å². The Bertz CT molecular complexity index is 1620. The van der Waals surface area contributed by atoms with E-state index in [1.807, 2.05) is 21.1 Å². The van der Waals surface area contributed by atoms with Crippen molar-refractivity contribution < 1.29 is 42.9 Å². The van der Waals surface area contributed by atoms with Crippen LogP contribution in [0, 0.1) is 0 Å². The van der Waals surface area contributed by atoms with Crippen LogP contribution in [0.5, 0.6) is 0 Å². The zero-order valence-corrected chi connectivity index (χ0v) is 56.5. The molecule has 0 bridgehead atoms. The molecule has 0 saturated heterocycles. The van der Waals surface area contributed by atoms with E-state index in [4.69, 9.17) is 18.9 Å². The van der Waals surface area contributed by atoms with Crippen molar-refractivity contribution in [1.29, 1.82) is 0 Å². The zero-order valence-electron chi connectivity index (χ0n) is 56.5. The molecule has 85 heavy (non-hydrogen) atoms. The maximum atomic E-state index is 12.9. The average Bonchev–Trinajstić information content (AvgIpc) is 3.49. The highest BCUT2D eigenvalue weighted by Gasteiger charge is 2.22. The number of carboxylic acids is 1. The number of hydrogen-bond donors (Lipinski definition) is 0. The number of carbonyl (C=O) groups excluding carboxylic acids is 3. The summed E-state index contributed by atoms with van der Waals surface area (Å²) in [6.07, 6.45) is 85.8. The van der Waals surface area contributed by atoms with E-state index in [0.717, 1.165) is 77.0 Å². The summed E-state index contributed by atoms with van der Waals surface area (Å²) in [6, 6.07) is 0. The molecule has 2 unspecified atom stereocenters. The van der Waals surface area contributed by atoms with E-state index in [-0.39, 0.29) is 32.2 Å². The lowest BCUT2D eigenvalue weighted by Gasteiger charge is -2.26. The summed E-state index contributed by atoms with van der Waals surface area (Å²) in [5.41, 5.74) is 0. The first kappa shape index (κ1) is 81.7. The summed E-state index contributed by atoms with van der Waals surface area (Å²) in [4.78, 5) is 37.5. The number of ether oxygens (including phenoxy) is 4. The Morgan fingerprint density at radius 3 is 1.01 bits per heavy atom. The molecule has 0 aromatic rings. The van der Waals surface area contributed by atoms with Gasteiger partial charge < -0.3 is 33.3 Å². The second-order valence-corrected chi connectivity index (χ2v) is 25.5. The Morgan fingerprint density at radius 1 is 0.365 bits per heavy atom. The van der Waals surface area contributed by atoms with Gasteiger partial charge in [-0.25, -0.2) is 0 Å². The van der Waals surface area contributed by atoms with Gasteiger partial charge in [0.1, 0.15) is 13.2 Å². The predicted molar refractivity (Wildman–Crippen MR) is 361 cm³/mol. The molecule has 0 aromatic carbocycles. The minimum atomic E-state index is -1.63. The van der Waals surface area contributed by atoms with E-state index in [0.29, 0.717) is 23.9 Å². The molecule has 0 aromatic heterocycles. The van der Waals surface area contributed by atoms with Crippen LogP contribution in [0.1, 0.15) is 335 Å². The van der Waals surface area contributed by atoms with E-state index in [1.165, 1.54) is 225 Å². The molecule has 2 atom stereocenters. The Labute approximate surface area is 526 Å². The van der Waals surface area contributed by atoms with Crippen LogP contribution < -0.4 is 5.11 Å². The number of esters is 2. The van der Waals surface area contributed by atoms with Crippen molar-refractivity contribution in [2.24, 2.45) is 0 Å². The molecular weight excluding hydrogens is 1050 g/mol. The van der Waals surface area contributed by atoms with Crippen LogP contribution in [-0.4, -0.2) is 82.3 Å². The third-order valence-corrected chi connectivity index (χ3v) is 15.9. The Morgan fingerprint density at radius 2 is 0.671 bits per heavy atom. The number of carboxylic acid groups (broad SMARTS) is 1. The lowest BCUT2D eigenvalue weighted by Crippen LogP contribution is -2.44. The van der Waals surface area contributed by atoms with Crippen LogP contribution in [0.4, 0.5) is 0 Å². The van der Waals surface area contributed by atoms with Crippen molar-refractivity contribution in [3.63, 3.8) is 0 Å². The number of allylic oxidation sites excluding steroid dienone is 12. The number of hydrogen-bond acceptors (Lipinski definition) is 8. The monoisotopic (exact) mass is 1190 g/mol. The summed E-state index contributed by atoms with van der Waals surface area (Å²) in [7, 11) is 5.93. The van der Waals surface area contributed by atoms with Crippen molar-refractivity contribution >= 4 is 17.9 Å². The van der Waals surface area contributed by atoms with Gasteiger partial charge in [0.25, 0.3) is 0 Å². The summed E-state index contributed by atoms with van der Waals surface area (Å²) in [6.45, 7) is 4.66. The molecule has 0 aliphatic rings. The van der Waals surface area contributed by atoms with Gasteiger partial charge in [-0.05, 0) is 83.5 Å².